The molecule has 0 saturated heterocycles. The lowest BCUT2D eigenvalue weighted by atomic mass is 9.99. The van der Waals surface area contributed by atoms with Crippen LogP contribution in [0.25, 0.3) is 0 Å². The van der Waals surface area contributed by atoms with Gasteiger partial charge in [0.25, 0.3) is 0 Å². The van der Waals surface area contributed by atoms with Gasteiger partial charge in [0.05, 0.1) is 5.69 Å². The summed E-state index contributed by atoms with van der Waals surface area (Å²) in [6.45, 7) is 2.03. The molecule has 2 nitrogen and oxygen atoms in total. The summed E-state index contributed by atoms with van der Waals surface area (Å²) >= 11 is 1.42. The van der Waals surface area contributed by atoms with Gasteiger partial charge in [-0.1, -0.05) is 19.1 Å². The number of nitrogens with zero attached hydrogens (tertiary/aromatic N) is 1. The molecular weight excluding hydrogens is 211 g/mol. The quantitative estimate of drug-likeness (QED) is 0.848. The highest BCUT2D eigenvalue weighted by molar-refractivity contribution is 7.13. The predicted molar refractivity (Wildman–Crippen MR) is 60.4 cm³/mol. The second-order valence-corrected chi connectivity index (χ2v) is 4.27. The number of benzene rings is 1. The van der Waals surface area contributed by atoms with Crippen LogP contribution in [-0.2, 0) is 0 Å². The summed E-state index contributed by atoms with van der Waals surface area (Å²) in [5.74, 6) is -0.0668. The van der Waals surface area contributed by atoms with E-state index in [0.29, 0.717) is 5.13 Å². The fourth-order valence-electron chi connectivity index (χ4n) is 1.42. The lowest BCUT2D eigenvalue weighted by Gasteiger charge is -2.08. The molecule has 0 spiro atoms. The van der Waals surface area contributed by atoms with Gasteiger partial charge in [0, 0.05) is 11.3 Å². The van der Waals surface area contributed by atoms with Crippen molar-refractivity contribution in [3.05, 3.63) is 46.7 Å². The summed E-state index contributed by atoms with van der Waals surface area (Å²) in [5, 5.41) is 2.50. The van der Waals surface area contributed by atoms with Gasteiger partial charge in [0.2, 0.25) is 0 Å². The first kappa shape index (κ1) is 10.1. The van der Waals surface area contributed by atoms with E-state index in [1.807, 2.05) is 12.3 Å². The molecule has 0 aliphatic heterocycles. The van der Waals surface area contributed by atoms with Gasteiger partial charge < -0.3 is 5.73 Å². The molecular formula is C11H11FN2S. The smallest absolute Gasteiger partial charge is 0.180 e. The summed E-state index contributed by atoms with van der Waals surface area (Å²) in [4.78, 5) is 4.21. The van der Waals surface area contributed by atoms with Gasteiger partial charge in [-0.25, -0.2) is 9.37 Å². The Labute approximate surface area is 91.6 Å². The van der Waals surface area contributed by atoms with Crippen molar-refractivity contribution in [1.29, 1.82) is 0 Å². The van der Waals surface area contributed by atoms with Crippen molar-refractivity contribution in [2.24, 2.45) is 0 Å². The van der Waals surface area contributed by atoms with Crippen molar-refractivity contribution in [1.82, 2.24) is 4.98 Å². The van der Waals surface area contributed by atoms with Gasteiger partial charge in [0.1, 0.15) is 5.82 Å². The average molecular weight is 222 g/mol. The third-order valence-electron chi connectivity index (χ3n) is 2.35. The molecule has 0 aliphatic carbocycles. The van der Waals surface area contributed by atoms with E-state index in [0.717, 1.165) is 11.3 Å². The molecule has 2 rings (SSSR count). The van der Waals surface area contributed by atoms with Gasteiger partial charge in [-0.05, 0) is 17.7 Å². The van der Waals surface area contributed by atoms with E-state index < -0.39 is 0 Å². The number of nitrogens with two attached hydrogens (primary N) is 1. The number of hydrogen-bond acceptors (Lipinski definition) is 3. The van der Waals surface area contributed by atoms with Crippen LogP contribution in [0.3, 0.4) is 0 Å². The maximum absolute atomic E-state index is 12.7. The lowest BCUT2D eigenvalue weighted by Crippen LogP contribution is -1.97. The van der Waals surface area contributed by atoms with Crippen LogP contribution in [0.15, 0.2) is 29.6 Å². The second-order valence-electron chi connectivity index (χ2n) is 3.38. The van der Waals surface area contributed by atoms with E-state index in [2.05, 4.69) is 4.98 Å². The molecule has 1 atom stereocenters. The standard InChI is InChI=1S/C11H11FN2S/c1-7(10-6-15-11(13)14-10)8-2-4-9(12)5-3-8/h2-7H,1H3,(H2,13,14). The minimum absolute atomic E-state index is 0.152. The second kappa shape index (κ2) is 3.98. The zero-order valence-electron chi connectivity index (χ0n) is 8.27. The third-order valence-corrected chi connectivity index (χ3v) is 3.05. The molecule has 0 aliphatic rings. The molecule has 1 heterocycles. The van der Waals surface area contributed by atoms with Crippen LogP contribution in [0.5, 0.6) is 0 Å². The molecule has 0 saturated carbocycles. The Morgan fingerprint density at radius 3 is 2.53 bits per heavy atom. The van der Waals surface area contributed by atoms with Crippen LogP contribution in [0.2, 0.25) is 0 Å². The van der Waals surface area contributed by atoms with Crippen molar-refractivity contribution in [2.75, 3.05) is 5.73 Å². The predicted octanol–water partition coefficient (Wildman–Crippen LogP) is 3.02. The Morgan fingerprint density at radius 2 is 2.00 bits per heavy atom. The van der Waals surface area contributed by atoms with E-state index in [1.54, 1.807) is 12.1 Å². The normalized spacial score (nSPS) is 12.7. The number of nitrogen functional groups attached to an aromatic ring is 1. The Morgan fingerprint density at radius 1 is 1.33 bits per heavy atom. The number of thiazole rings is 1. The fraction of sp³-hybridized carbons (Fsp3) is 0.182. The number of aromatic nitrogens is 1. The highest BCUT2D eigenvalue weighted by Gasteiger charge is 2.11. The third kappa shape index (κ3) is 2.15. The zero-order valence-corrected chi connectivity index (χ0v) is 9.09. The van der Waals surface area contributed by atoms with E-state index >= 15 is 0 Å². The molecule has 1 aromatic carbocycles. The molecule has 0 amide bonds. The SMILES string of the molecule is CC(c1ccc(F)cc1)c1csc(N)n1. The summed E-state index contributed by atoms with van der Waals surface area (Å²) in [7, 11) is 0. The van der Waals surface area contributed by atoms with E-state index in [-0.39, 0.29) is 11.7 Å². The van der Waals surface area contributed by atoms with Crippen LogP contribution < -0.4 is 5.73 Å². The summed E-state index contributed by atoms with van der Waals surface area (Å²) < 4.78 is 12.7. The lowest BCUT2D eigenvalue weighted by molar-refractivity contribution is 0.626. The average Bonchev–Trinajstić information content (AvgIpc) is 2.65. The minimum atomic E-state index is -0.219. The Kier molecular flexibility index (Phi) is 2.68. The molecule has 78 valence electrons. The Hall–Kier alpha value is -1.42. The highest BCUT2D eigenvalue weighted by Crippen LogP contribution is 2.26. The molecule has 15 heavy (non-hydrogen) atoms. The first-order valence-electron chi connectivity index (χ1n) is 4.63. The highest BCUT2D eigenvalue weighted by atomic mass is 32.1. The number of anilines is 1. The van der Waals surface area contributed by atoms with Gasteiger partial charge in [-0.3, -0.25) is 0 Å². The van der Waals surface area contributed by atoms with Gasteiger partial charge in [-0.2, -0.15) is 0 Å². The van der Waals surface area contributed by atoms with Crippen LogP contribution in [0, 0.1) is 5.82 Å². The molecule has 0 bridgehead atoms. The van der Waals surface area contributed by atoms with Crippen molar-refractivity contribution in [3.8, 4) is 0 Å². The largest absolute Gasteiger partial charge is 0.375 e. The maximum atomic E-state index is 12.7. The zero-order chi connectivity index (χ0) is 10.8. The van der Waals surface area contributed by atoms with Crippen LogP contribution in [-0.4, -0.2) is 4.98 Å². The molecule has 0 fully saturated rings. The summed E-state index contributed by atoms with van der Waals surface area (Å²) in [5.41, 5.74) is 7.54. The Balaban J connectivity index is 2.28. The molecule has 2 aromatic rings. The number of halogens is 1. The van der Waals surface area contributed by atoms with E-state index in [1.165, 1.54) is 23.5 Å². The molecule has 0 radical (unpaired) electrons. The Bertz CT molecular complexity index is 450. The summed E-state index contributed by atoms with van der Waals surface area (Å²) in [6, 6.07) is 6.47. The van der Waals surface area contributed by atoms with Crippen LogP contribution in [0.1, 0.15) is 24.1 Å². The van der Waals surface area contributed by atoms with Crippen molar-refractivity contribution >= 4 is 16.5 Å². The fourth-order valence-corrected chi connectivity index (χ4v) is 2.08. The first-order valence-corrected chi connectivity index (χ1v) is 5.51. The van der Waals surface area contributed by atoms with E-state index in [4.69, 9.17) is 5.73 Å². The molecule has 1 aromatic heterocycles. The monoisotopic (exact) mass is 222 g/mol. The van der Waals surface area contributed by atoms with Crippen molar-refractivity contribution in [3.63, 3.8) is 0 Å². The number of rotatable bonds is 2. The molecule has 2 N–H and O–H groups in total. The van der Waals surface area contributed by atoms with E-state index in [9.17, 15) is 4.39 Å². The van der Waals surface area contributed by atoms with Crippen molar-refractivity contribution in [2.45, 2.75) is 12.8 Å². The number of hydrogen-bond donors (Lipinski definition) is 1. The van der Waals surface area contributed by atoms with Gasteiger partial charge in [-0.15, -0.1) is 11.3 Å². The topological polar surface area (TPSA) is 38.9 Å². The summed E-state index contributed by atoms with van der Waals surface area (Å²) in [6.07, 6.45) is 0. The van der Waals surface area contributed by atoms with Crippen molar-refractivity contribution < 1.29 is 4.39 Å². The van der Waals surface area contributed by atoms with Gasteiger partial charge >= 0.3 is 0 Å². The first-order chi connectivity index (χ1) is 7.16. The minimum Gasteiger partial charge on any atom is -0.375 e. The maximum Gasteiger partial charge on any atom is 0.180 e. The van der Waals surface area contributed by atoms with Gasteiger partial charge in [0.15, 0.2) is 5.13 Å². The van der Waals surface area contributed by atoms with Crippen LogP contribution >= 0.6 is 11.3 Å². The molecule has 1 unspecified atom stereocenters. The van der Waals surface area contributed by atoms with Crippen LogP contribution in [0.4, 0.5) is 9.52 Å². The molecule has 4 heteroatoms.